The topological polar surface area (TPSA) is 64.4 Å². The van der Waals surface area contributed by atoms with E-state index >= 15 is 0 Å². The van der Waals surface area contributed by atoms with Gasteiger partial charge in [0.25, 0.3) is 5.91 Å². The number of fused-ring (bicyclic) bond motifs is 1. The zero-order valence-electron chi connectivity index (χ0n) is 15.0. The number of ether oxygens (including phenoxy) is 1. The minimum atomic E-state index is -0.331. The van der Waals surface area contributed by atoms with Crippen molar-refractivity contribution in [3.8, 4) is 11.3 Å². The Balaban J connectivity index is 1.60. The summed E-state index contributed by atoms with van der Waals surface area (Å²) in [6.45, 7) is 2.34. The van der Waals surface area contributed by atoms with Crippen LogP contribution in [-0.4, -0.2) is 18.0 Å². The molecule has 1 amide bonds. The number of para-hydroxylation sites is 1. The predicted molar refractivity (Wildman–Crippen MR) is 107 cm³/mol. The molecular formula is C21H18N2O3S. The molecule has 2 heterocycles. The molecule has 136 valence electrons. The standard InChI is InChI=1S/C21H18N2O3S/c1-13-7-9-14(10-8-13)17-12-27-21(22-17)23-20(24)19-16(11-25-2)15-5-3-4-6-18(15)26-19/h3-10,12H,11H2,1-2H3,(H,22,23,24). The second-order valence-corrected chi connectivity index (χ2v) is 7.06. The molecule has 0 saturated heterocycles. The number of nitrogens with one attached hydrogen (secondary N) is 1. The fraction of sp³-hybridized carbons (Fsp3) is 0.143. The molecule has 0 bridgehead atoms. The second kappa shape index (κ2) is 7.34. The third kappa shape index (κ3) is 3.49. The summed E-state index contributed by atoms with van der Waals surface area (Å²) < 4.78 is 11.0. The van der Waals surface area contributed by atoms with Gasteiger partial charge in [-0.3, -0.25) is 10.1 Å². The van der Waals surface area contributed by atoms with E-state index in [9.17, 15) is 4.79 Å². The Hall–Kier alpha value is -2.96. The van der Waals surface area contributed by atoms with Crippen molar-refractivity contribution >= 4 is 33.3 Å². The fourth-order valence-corrected chi connectivity index (χ4v) is 3.63. The maximum Gasteiger partial charge on any atom is 0.293 e. The summed E-state index contributed by atoms with van der Waals surface area (Å²) in [5.41, 5.74) is 4.44. The molecule has 0 radical (unpaired) electrons. The molecule has 4 aromatic rings. The molecule has 0 unspecified atom stereocenters. The van der Waals surface area contributed by atoms with Gasteiger partial charge in [-0.1, -0.05) is 48.0 Å². The highest BCUT2D eigenvalue weighted by Gasteiger charge is 2.21. The zero-order valence-corrected chi connectivity index (χ0v) is 15.8. The first kappa shape index (κ1) is 17.5. The molecule has 0 spiro atoms. The van der Waals surface area contributed by atoms with Crippen molar-refractivity contribution in [3.05, 3.63) is 70.8 Å². The summed E-state index contributed by atoms with van der Waals surface area (Å²) in [5.74, 6) is -0.0757. The van der Waals surface area contributed by atoms with Gasteiger partial charge in [0.2, 0.25) is 0 Å². The molecule has 0 saturated carbocycles. The highest BCUT2D eigenvalue weighted by molar-refractivity contribution is 7.14. The van der Waals surface area contributed by atoms with Crippen molar-refractivity contribution in [1.82, 2.24) is 4.98 Å². The van der Waals surface area contributed by atoms with Crippen molar-refractivity contribution < 1.29 is 13.9 Å². The number of nitrogens with zero attached hydrogens (tertiary/aromatic N) is 1. The van der Waals surface area contributed by atoms with Crippen molar-refractivity contribution in [3.63, 3.8) is 0 Å². The molecule has 27 heavy (non-hydrogen) atoms. The van der Waals surface area contributed by atoms with E-state index in [4.69, 9.17) is 9.15 Å². The third-order valence-electron chi connectivity index (χ3n) is 4.27. The molecule has 6 heteroatoms. The lowest BCUT2D eigenvalue weighted by Gasteiger charge is -2.02. The number of carbonyl (C=O) groups is 1. The van der Waals surface area contributed by atoms with Gasteiger partial charge in [0.05, 0.1) is 12.3 Å². The number of methoxy groups -OCH3 is 1. The Labute approximate surface area is 160 Å². The van der Waals surface area contributed by atoms with Crippen LogP contribution in [-0.2, 0) is 11.3 Å². The van der Waals surface area contributed by atoms with Gasteiger partial charge in [-0.05, 0) is 13.0 Å². The number of carbonyl (C=O) groups excluding carboxylic acids is 1. The molecular weight excluding hydrogens is 360 g/mol. The smallest absolute Gasteiger partial charge is 0.293 e. The first-order valence-electron chi connectivity index (χ1n) is 8.49. The Kier molecular flexibility index (Phi) is 4.75. The lowest BCUT2D eigenvalue weighted by atomic mass is 10.1. The van der Waals surface area contributed by atoms with Gasteiger partial charge in [-0.25, -0.2) is 4.98 Å². The molecule has 2 aromatic carbocycles. The number of amides is 1. The second-order valence-electron chi connectivity index (χ2n) is 6.20. The average Bonchev–Trinajstić information content (AvgIpc) is 3.28. The van der Waals surface area contributed by atoms with Crippen molar-refractivity contribution in [2.45, 2.75) is 13.5 Å². The van der Waals surface area contributed by atoms with Gasteiger partial charge in [0.1, 0.15) is 5.58 Å². The number of furan rings is 1. The van der Waals surface area contributed by atoms with Gasteiger partial charge < -0.3 is 9.15 Å². The van der Waals surface area contributed by atoms with Crippen LogP contribution in [0.1, 0.15) is 21.7 Å². The van der Waals surface area contributed by atoms with Crippen molar-refractivity contribution in [1.29, 1.82) is 0 Å². The number of anilines is 1. The summed E-state index contributed by atoms with van der Waals surface area (Å²) in [7, 11) is 1.60. The molecule has 5 nitrogen and oxygen atoms in total. The van der Waals surface area contributed by atoms with E-state index in [0.717, 1.165) is 22.2 Å². The number of thiazole rings is 1. The Bertz CT molecular complexity index is 1100. The first-order chi connectivity index (χ1) is 13.2. The Morgan fingerprint density at radius 1 is 1.19 bits per heavy atom. The summed E-state index contributed by atoms with van der Waals surface area (Å²) >= 11 is 1.38. The summed E-state index contributed by atoms with van der Waals surface area (Å²) in [6.07, 6.45) is 0. The number of hydrogen-bond donors (Lipinski definition) is 1. The Morgan fingerprint density at radius 3 is 2.74 bits per heavy atom. The van der Waals surface area contributed by atoms with Gasteiger partial charge >= 0.3 is 0 Å². The molecule has 0 fully saturated rings. The number of benzene rings is 2. The van der Waals surface area contributed by atoms with Crippen LogP contribution in [0.3, 0.4) is 0 Å². The monoisotopic (exact) mass is 378 g/mol. The van der Waals surface area contributed by atoms with Crippen LogP contribution in [0.5, 0.6) is 0 Å². The van der Waals surface area contributed by atoms with E-state index in [-0.39, 0.29) is 11.7 Å². The molecule has 0 aliphatic heterocycles. The van der Waals surface area contributed by atoms with Gasteiger partial charge in [0.15, 0.2) is 10.9 Å². The quantitative estimate of drug-likeness (QED) is 0.514. The van der Waals surface area contributed by atoms with Crippen molar-refractivity contribution in [2.24, 2.45) is 0 Å². The van der Waals surface area contributed by atoms with E-state index in [0.29, 0.717) is 17.3 Å². The predicted octanol–water partition coefficient (Wildman–Crippen LogP) is 5.26. The highest BCUT2D eigenvalue weighted by atomic mass is 32.1. The number of hydrogen-bond acceptors (Lipinski definition) is 5. The zero-order chi connectivity index (χ0) is 18.8. The SMILES string of the molecule is COCc1c(C(=O)Nc2nc(-c3ccc(C)cc3)cs2)oc2ccccc12. The normalized spacial score (nSPS) is 11.0. The molecule has 4 rings (SSSR count). The minimum absolute atomic E-state index is 0.255. The van der Waals surface area contributed by atoms with Crippen LogP contribution < -0.4 is 5.32 Å². The molecule has 2 aromatic heterocycles. The molecule has 0 aliphatic rings. The highest BCUT2D eigenvalue weighted by Crippen LogP contribution is 2.29. The number of rotatable bonds is 5. The van der Waals surface area contributed by atoms with Crippen molar-refractivity contribution in [2.75, 3.05) is 12.4 Å². The lowest BCUT2D eigenvalue weighted by molar-refractivity contribution is 0.0992. The molecule has 1 N–H and O–H groups in total. The van der Waals surface area contributed by atoms with Crippen LogP contribution in [0.4, 0.5) is 5.13 Å². The largest absolute Gasteiger partial charge is 0.451 e. The third-order valence-corrected chi connectivity index (χ3v) is 5.02. The summed E-state index contributed by atoms with van der Waals surface area (Å²) in [5, 5.41) is 6.17. The van der Waals surface area contributed by atoms with Crippen LogP contribution in [0.25, 0.3) is 22.2 Å². The molecule has 0 aliphatic carbocycles. The number of aryl methyl sites for hydroxylation is 1. The maximum absolute atomic E-state index is 12.8. The Morgan fingerprint density at radius 2 is 1.96 bits per heavy atom. The van der Waals surface area contributed by atoms with Crippen LogP contribution in [0.2, 0.25) is 0 Å². The van der Waals surface area contributed by atoms with Crippen LogP contribution in [0, 0.1) is 6.92 Å². The van der Waals surface area contributed by atoms with Crippen LogP contribution in [0.15, 0.2) is 58.3 Å². The number of aromatic nitrogens is 1. The van der Waals surface area contributed by atoms with E-state index in [1.54, 1.807) is 7.11 Å². The summed E-state index contributed by atoms with van der Waals surface area (Å²) in [4.78, 5) is 17.3. The van der Waals surface area contributed by atoms with E-state index in [1.807, 2.05) is 60.8 Å². The van der Waals surface area contributed by atoms with E-state index < -0.39 is 0 Å². The minimum Gasteiger partial charge on any atom is -0.451 e. The maximum atomic E-state index is 12.8. The average molecular weight is 378 g/mol. The van der Waals surface area contributed by atoms with Gasteiger partial charge in [-0.2, -0.15) is 0 Å². The van der Waals surface area contributed by atoms with E-state index in [2.05, 4.69) is 10.3 Å². The van der Waals surface area contributed by atoms with Gasteiger partial charge in [0, 0.05) is 29.0 Å². The van der Waals surface area contributed by atoms with Crippen LogP contribution >= 0.6 is 11.3 Å². The van der Waals surface area contributed by atoms with Gasteiger partial charge in [-0.15, -0.1) is 11.3 Å². The van der Waals surface area contributed by atoms with E-state index in [1.165, 1.54) is 16.9 Å². The lowest BCUT2D eigenvalue weighted by Crippen LogP contribution is -2.13. The molecule has 0 atom stereocenters. The fourth-order valence-electron chi connectivity index (χ4n) is 2.91. The summed E-state index contributed by atoms with van der Waals surface area (Å²) in [6, 6.07) is 15.7. The first-order valence-corrected chi connectivity index (χ1v) is 9.37.